The molecule has 0 atom stereocenters. The van der Waals surface area contributed by atoms with Gasteiger partial charge in [-0.3, -0.25) is 0 Å². The van der Waals surface area contributed by atoms with Crippen molar-refractivity contribution in [3.63, 3.8) is 0 Å². The average Bonchev–Trinajstić information content (AvgIpc) is 2.32. The Morgan fingerprint density at radius 3 is 2.81 bits per heavy atom. The van der Waals surface area contributed by atoms with E-state index < -0.39 is 0 Å². The summed E-state index contributed by atoms with van der Waals surface area (Å²) in [6.07, 6.45) is 0. The number of likely N-dealkylation sites (N-methyl/N-ethyl adjacent to an activating group) is 1. The summed E-state index contributed by atoms with van der Waals surface area (Å²) in [6, 6.07) is 7.59. The normalized spacial score (nSPS) is 9.81. The summed E-state index contributed by atoms with van der Waals surface area (Å²) in [7, 11) is 1.67. The molecule has 0 saturated carbocycles. The summed E-state index contributed by atoms with van der Waals surface area (Å²) >= 11 is 0. The zero-order chi connectivity index (χ0) is 12.0. The summed E-state index contributed by atoms with van der Waals surface area (Å²) in [5.74, 6) is 0. The van der Waals surface area contributed by atoms with Crippen LogP contribution in [0.2, 0.25) is 0 Å². The Morgan fingerprint density at radius 2 is 2.25 bits per heavy atom. The fraction of sp³-hybridized carbons (Fsp3) is 0.417. The second kappa shape index (κ2) is 5.99. The number of anilines is 2. The molecule has 0 radical (unpaired) electrons. The van der Waals surface area contributed by atoms with E-state index in [1.165, 1.54) is 0 Å². The number of methoxy groups -OCH3 is 1. The first-order valence-electron chi connectivity index (χ1n) is 5.27. The van der Waals surface area contributed by atoms with Crippen LogP contribution < -0.4 is 10.6 Å². The minimum atomic E-state index is 0.522. The standard InChI is InChI=1S/C12H17N3O/c1-3-15(7-8-16-2)11-6-4-5-10(9-13)12(11)14/h4-6H,3,7-8,14H2,1-2H3. The van der Waals surface area contributed by atoms with Gasteiger partial charge in [-0.2, -0.15) is 5.26 Å². The van der Waals surface area contributed by atoms with E-state index in [1.54, 1.807) is 13.2 Å². The van der Waals surface area contributed by atoms with Crippen molar-refractivity contribution >= 4 is 11.4 Å². The van der Waals surface area contributed by atoms with Crippen LogP contribution in [0.3, 0.4) is 0 Å². The van der Waals surface area contributed by atoms with Crippen LogP contribution in [0.25, 0.3) is 0 Å². The Hall–Kier alpha value is -1.73. The third-order valence-electron chi connectivity index (χ3n) is 2.49. The number of hydrogen-bond donors (Lipinski definition) is 1. The van der Waals surface area contributed by atoms with Gasteiger partial charge in [0.2, 0.25) is 0 Å². The van der Waals surface area contributed by atoms with Crippen LogP contribution >= 0.6 is 0 Å². The topological polar surface area (TPSA) is 62.3 Å². The van der Waals surface area contributed by atoms with E-state index >= 15 is 0 Å². The van der Waals surface area contributed by atoms with Crippen molar-refractivity contribution < 1.29 is 4.74 Å². The molecule has 1 aromatic carbocycles. The summed E-state index contributed by atoms with van der Waals surface area (Å²) in [6.45, 7) is 4.30. The quantitative estimate of drug-likeness (QED) is 0.764. The van der Waals surface area contributed by atoms with E-state index in [9.17, 15) is 0 Å². The molecular weight excluding hydrogens is 202 g/mol. The largest absolute Gasteiger partial charge is 0.396 e. The molecule has 0 fully saturated rings. The Labute approximate surface area is 96.2 Å². The van der Waals surface area contributed by atoms with Crippen molar-refractivity contribution in [2.45, 2.75) is 6.92 Å². The van der Waals surface area contributed by atoms with Crippen molar-refractivity contribution in [2.24, 2.45) is 0 Å². The number of hydrogen-bond acceptors (Lipinski definition) is 4. The van der Waals surface area contributed by atoms with Gasteiger partial charge in [-0.25, -0.2) is 0 Å². The van der Waals surface area contributed by atoms with Crippen LogP contribution in [-0.4, -0.2) is 26.8 Å². The summed E-state index contributed by atoms with van der Waals surface area (Å²) in [5, 5.41) is 8.90. The van der Waals surface area contributed by atoms with Crippen LogP contribution in [0.5, 0.6) is 0 Å². The van der Waals surface area contributed by atoms with E-state index in [1.807, 2.05) is 19.1 Å². The van der Waals surface area contributed by atoms with Gasteiger partial charge < -0.3 is 15.4 Å². The van der Waals surface area contributed by atoms with E-state index in [4.69, 9.17) is 15.7 Å². The molecule has 1 aromatic rings. The first-order chi connectivity index (χ1) is 7.74. The minimum absolute atomic E-state index is 0.522. The molecule has 0 spiro atoms. The summed E-state index contributed by atoms with van der Waals surface area (Å²) in [5.41, 5.74) is 7.90. The van der Waals surface area contributed by atoms with E-state index in [2.05, 4.69) is 11.0 Å². The van der Waals surface area contributed by atoms with Gasteiger partial charge in [0.15, 0.2) is 0 Å². The molecule has 4 nitrogen and oxygen atoms in total. The lowest BCUT2D eigenvalue weighted by molar-refractivity contribution is 0.205. The van der Waals surface area contributed by atoms with Gasteiger partial charge in [-0.15, -0.1) is 0 Å². The van der Waals surface area contributed by atoms with E-state index in [0.717, 1.165) is 18.8 Å². The minimum Gasteiger partial charge on any atom is -0.396 e. The SMILES string of the molecule is CCN(CCOC)c1cccc(C#N)c1N. The van der Waals surface area contributed by atoms with Crippen LogP contribution in [-0.2, 0) is 4.74 Å². The lowest BCUT2D eigenvalue weighted by atomic mass is 10.1. The summed E-state index contributed by atoms with van der Waals surface area (Å²) in [4.78, 5) is 2.10. The molecule has 2 N–H and O–H groups in total. The monoisotopic (exact) mass is 219 g/mol. The van der Waals surface area contributed by atoms with Gasteiger partial charge in [-0.1, -0.05) is 6.07 Å². The molecule has 0 aliphatic heterocycles. The van der Waals surface area contributed by atoms with Crippen molar-refractivity contribution in [3.05, 3.63) is 23.8 Å². The van der Waals surface area contributed by atoms with Crippen molar-refractivity contribution in [2.75, 3.05) is 37.4 Å². The number of ether oxygens (including phenoxy) is 1. The lowest BCUT2D eigenvalue weighted by Crippen LogP contribution is -2.27. The predicted octanol–water partition coefficient (Wildman–Crippen LogP) is 1.61. The second-order valence-corrected chi connectivity index (χ2v) is 3.42. The maximum absolute atomic E-state index is 8.90. The first-order valence-corrected chi connectivity index (χ1v) is 5.27. The number of nitrogen functional groups attached to an aromatic ring is 1. The van der Waals surface area contributed by atoms with E-state index in [0.29, 0.717) is 17.9 Å². The highest BCUT2D eigenvalue weighted by Crippen LogP contribution is 2.25. The first kappa shape index (κ1) is 12.3. The molecule has 0 aliphatic rings. The molecule has 0 unspecified atom stereocenters. The number of para-hydroxylation sites is 1. The highest BCUT2D eigenvalue weighted by atomic mass is 16.5. The molecule has 0 saturated heterocycles. The van der Waals surface area contributed by atoms with Crippen LogP contribution in [0, 0.1) is 11.3 Å². The zero-order valence-corrected chi connectivity index (χ0v) is 9.73. The number of nitrogens with two attached hydrogens (primary N) is 1. The molecule has 0 aliphatic carbocycles. The third-order valence-corrected chi connectivity index (χ3v) is 2.49. The van der Waals surface area contributed by atoms with Crippen LogP contribution in [0.4, 0.5) is 11.4 Å². The van der Waals surface area contributed by atoms with Crippen molar-refractivity contribution in [3.8, 4) is 6.07 Å². The Kier molecular flexibility index (Phi) is 4.62. The maximum Gasteiger partial charge on any atom is 0.101 e. The Balaban J connectivity index is 2.97. The molecular formula is C12H17N3O. The second-order valence-electron chi connectivity index (χ2n) is 3.42. The predicted molar refractivity (Wildman–Crippen MR) is 65.3 cm³/mol. The molecule has 0 heterocycles. The van der Waals surface area contributed by atoms with E-state index in [-0.39, 0.29) is 0 Å². The fourth-order valence-electron chi connectivity index (χ4n) is 1.58. The fourth-order valence-corrected chi connectivity index (χ4v) is 1.58. The molecule has 86 valence electrons. The van der Waals surface area contributed by atoms with Crippen molar-refractivity contribution in [1.82, 2.24) is 0 Å². The van der Waals surface area contributed by atoms with Gasteiger partial charge in [0.25, 0.3) is 0 Å². The molecule has 0 amide bonds. The average molecular weight is 219 g/mol. The Bertz CT molecular complexity index is 384. The highest BCUT2D eigenvalue weighted by molar-refractivity contribution is 5.73. The van der Waals surface area contributed by atoms with Crippen LogP contribution in [0.15, 0.2) is 18.2 Å². The number of rotatable bonds is 5. The molecule has 0 aromatic heterocycles. The third kappa shape index (κ3) is 2.65. The van der Waals surface area contributed by atoms with Gasteiger partial charge >= 0.3 is 0 Å². The molecule has 4 heteroatoms. The molecule has 1 rings (SSSR count). The lowest BCUT2D eigenvalue weighted by Gasteiger charge is -2.24. The van der Waals surface area contributed by atoms with Crippen LogP contribution in [0.1, 0.15) is 12.5 Å². The molecule has 0 bridgehead atoms. The van der Waals surface area contributed by atoms with Crippen molar-refractivity contribution in [1.29, 1.82) is 5.26 Å². The Morgan fingerprint density at radius 1 is 1.50 bits per heavy atom. The van der Waals surface area contributed by atoms with Gasteiger partial charge in [0.1, 0.15) is 6.07 Å². The number of nitrogens with zero attached hydrogens (tertiary/aromatic N) is 2. The van der Waals surface area contributed by atoms with Gasteiger partial charge in [0.05, 0.1) is 23.5 Å². The highest BCUT2D eigenvalue weighted by Gasteiger charge is 2.10. The zero-order valence-electron chi connectivity index (χ0n) is 9.73. The summed E-state index contributed by atoms with van der Waals surface area (Å²) < 4.78 is 5.04. The number of nitriles is 1. The number of benzene rings is 1. The smallest absolute Gasteiger partial charge is 0.101 e. The van der Waals surface area contributed by atoms with Gasteiger partial charge in [-0.05, 0) is 19.1 Å². The van der Waals surface area contributed by atoms with Gasteiger partial charge in [0, 0.05) is 20.2 Å². The molecule has 16 heavy (non-hydrogen) atoms. The maximum atomic E-state index is 8.90.